The van der Waals surface area contributed by atoms with Gasteiger partial charge in [0, 0.05) is 11.1 Å². The van der Waals surface area contributed by atoms with E-state index in [1.54, 1.807) is 0 Å². The van der Waals surface area contributed by atoms with E-state index in [9.17, 15) is 0 Å². The first-order valence-corrected chi connectivity index (χ1v) is 6.42. The van der Waals surface area contributed by atoms with Crippen molar-refractivity contribution in [2.45, 2.75) is 25.3 Å². The van der Waals surface area contributed by atoms with Gasteiger partial charge in [0.05, 0.1) is 6.04 Å². The van der Waals surface area contributed by atoms with E-state index in [0.717, 1.165) is 13.0 Å². The Hall–Kier alpha value is -0.450. The molecule has 1 fully saturated rings. The Labute approximate surface area is 95.5 Å². The minimum absolute atomic E-state index is 0.582. The van der Waals surface area contributed by atoms with E-state index in [-0.39, 0.29) is 0 Å². The van der Waals surface area contributed by atoms with Gasteiger partial charge in [-0.2, -0.15) is 0 Å². The third-order valence-electron chi connectivity index (χ3n) is 3.00. The van der Waals surface area contributed by atoms with Gasteiger partial charge in [-0.25, -0.2) is 4.98 Å². The number of hydrogen-bond acceptors (Lipinski definition) is 4. The highest BCUT2D eigenvalue weighted by molar-refractivity contribution is 7.11. The predicted octanol–water partition coefficient (Wildman–Crippen LogP) is 1.67. The monoisotopic (exact) mass is 225 g/mol. The predicted molar refractivity (Wildman–Crippen MR) is 64.3 cm³/mol. The molecule has 0 amide bonds. The number of rotatable bonds is 4. The summed E-state index contributed by atoms with van der Waals surface area (Å²) in [6, 6.07) is 0.582. The maximum atomic E-state index is 4.55. The lowest BCUT2D eigenvalue weighted by molar-refractivity contribution is 0.316. The average molecular weight is 225 g/mol. The molecule has 2 rings (SSSR count). The highest BCUT2D eigenvalue weighted by atomic mass is 32.1. The fourth-order valence-electron chi connectivity index (χ4n) is 2.06. The summed E-state index contributed by atoms with van der Waals surface area (Å²) in [4.78, 5) is 8.37. The summed E-state index contributed by atoms with van der Waals surface area (Å²) >= 11 is 1.88. The molecule has 0 saturated carbocycles. The van der Waals surface area contributed by atoms with Crippen LogP contribution in [0, 0.1) is 0 Å². The van der Waals surface area contributed by atoms with E-state index in [2.05, 4.69) is 22.2 Å². The van der Waals surface area contributed by atoms with Gasteiger partial charge in [-0.3, -0.25) is 4.90 Å². The Kier molecular flexibility index (Phi) is 3.72. The molecule has 1 N–H and O–H groups in total. The normalized spacial score (nSPS) is 22.4. The number of thiazole rings is 1. The maximum absolute atomic E-state index is 4.55. The van der Waals surface area contributed by atoms with Crippen LogP contribution in [-0.2, 0) is 6.42 Å². The number of nitrogens with one attached hydrogen (secondary N) is 1. The average Bonchev–Trinajstić information content (AvgIpc) is 2.83. The molecule has 0 radical (unpaired) electrons. The van der Waals surface area contributed by atoms with Crippen molar-refractivity contribution in [3.63, 3.8) is 0 Å². The lowest BCUT2D eigenvalue weighted by Crippen LogP contribution is -2.17. The molecule has 3 nitrogen and oxygen atoms in total. The van der Waals surface area contributed by atoms with Crippen LogP contribution in [0.25, 0.3) is 0 Å². The van der Waals surface area contributed by atoms with Gasteiger partial charge in [0.2, 0.25) is 0 Å². The lowest BCUT2D eigenvalue weighted by Gasteiger charge is -2.16. The molecular weight excluding hydrogens is 206 g/mol. The Morgan fingerprint density at radius 1 is 1.67 bits per heavy atom. The zero-order valence-corrected chi connectivity index (χ0v) is 10.3. The van der Waals surface area contributed by atoms with Crippen LogP contribution in [0.2, 0.25) is 0 Å². The van der Waals surface area contributed by atoms with Gasteiger partial charge in [-0.05, 0) is 46.4 Å². The third kappa shape index (κ3) is 2.56. The van der Waals surface area contributed by atoms with Crippen molar-refractivity contribution in [2.75, 3.05) is 27.2 Å². The van der Waals surface area contributed by atoms with Gasteiger partial charge in [-0.15, -0.1) is 11.3 Å². The molecule has 0 aromatic carbocycles. The van der Waals surface area contributed by atoms with E-state index in [4.69, 9.17) is 0 Å². The number of likely N-dealkylation sites (N-methyl/N-ethyl adjacent to an activating group) is 1. The van der Waals surface area contributed by atoms with Crippen LogP contribution in [0.4, 0.5) is 0 Å². The number of likely N-dealkylation sites (tertiary alicyclic amines) is 1. The molecule has 0 spiro atoms. The maximum Gasteiger partial charge on any atom is 0.110 e. The smallest absolute Gasteiger partial charge is 0.110 e. The van der Waals surface area contributed by atoms with E-state index < -0.39 is 0 Å². The van der Waals surface area contributed by atoms with Crippen molar-refractivity contribution in [1.82, 2.24) is 15.2 Å². The molecular formula is C11H19N3S. The van der Waals surface area contributed by atoms with Gasteiger partial charge < -0.3 is 5.32 Å². The minimum atomic E-state index is 0.582. The van der Waals surface area contributed by atoms with E-state index in [1.807, 2.05) is 24.6 Å². The lowest BCUT2D eigenvalue weighted by atomic mass is 10.2. The van der Waals surface area contributed by atoms with E-state index in [1.165, 1.54) is 29.3 Å². The van der Waals surface area contributed by atoms with Gasteiger partial charge >= 0.3 is 0 Å². The molecule has 1 aliphatic rings. The second-order valence-corrected chi connectivity index (χ2v) is 5.30. The zero-order valence-electron chi connectivity index (χ0n) is 9.49. The second-order valence-electron chi connectivity index (χ2n) is 4.16. The first kappa shape index (κ1) is 11.0. The van der Waals surface area contributed by atoms with Crippen LogP contribution in [0.3, 0.4) is 0 Å². The van der Waals surface area contributed by atoms with E-state index >= 15 is 0 Å². The highest BCUT2D eigenvalue weighted by Gasteiger charge is 2.24. The third-order valence-corrected chi connectivity index (χ3v) is 4.16. The van der Waals surface area contributed by atoms with Gasteiger partial charge in [0.15, 0.2) is 0 Å². The summed E-state index contributed by atoms with van der Waals surface area (Å²) in [5.41, 5.74) is 0. The van der Waals surface area contributed by atoms with Gasteiger partial charge in [0.1, 0.15) is 5.01 Å². The summed E-state index contributed by atoms with van der Waals surface area (Å²) in [6.07, 6.45) is 5.73. The zero-order chi connectivity index (χ0) is 10.7. The topological polar surface area (TPSA) is 28.2 Å². The molecule has 1 aromatic rings. The molecule has 1 aliphatic heterocycles. The van der Waals surface area contributed by atoms with Crippen molar-refractivity contribution in [3.8, 4) is 0 Å². The van der Waals surface area contributed by atoms with Crippen molar-refractivity contribution < 1.29 is 0 Å². The molecule has 1 atom stereocenters. The molecule has 1 saturated heterocycles. The molecule has 15 heavy (non-hydrogen) atoms. The number of nitrogens with zero attached hydrogens (tertiary/aromatic N) is 2. The highest BCUT2D eigenvalue weighted by Crippen LogP contribution is 2.32. The van der Waals surface area contributed by atoms with Crippen LogP contribution >= 0.6 is 11.3 Å². The molecule has 0 aliphatic carbocycles. The van der Waals surface area contributed by atoms with Crippen LogP contribution in [0.15, 0.2) is 6.20 Å². The van der Waals surface area contributed by atoms with Gasteiger partial charge in [-0.1, -0.05) is 0 Å². The molecule has 4 heteroatoms. The number of aromatic nitrogens is 1. The minimum Gasteiger partial charge on any atom is -0.319 e. The molecule has 2 heterocycles. The van der Waals surface area contributed by atoms with E-state index in [0.29, 0.717) is 6.04 Å². The first-order valence-electron chi connectivity index (χ1n) is 5.60. The largest absolute Gasteiger partial charge is 0.319 e. The Morgan fingerprint density at radius 2 is 2.53 bits per heavy atom. The summed E-state index contributed by atoms with van der Waals surface area (Å²) in [7, 11) is 4.19. The molecule has 84 valence electrons. The fraction of sp³-hybridized carbons (Fsp3) is 0.727. The Morgan fingerprint density at radius 3 is 3.20 bits per heavy atom. The summed E-state index contributed by atoms with van der Waals surface area (Å²) in [6.45, 7) is 2.26. The van der Waals surface area contributed by atoms with Crippen LogP contribution < -0.4 is 5.32 Å². The second kappa shape index (κ2) is 5.05. The Bertz CT molecular complexity index is 311. The SMILES string of the molecule is CNCCc1cnc(C2CCCN2C)s1. The summed E-state index contributed by atoms with van der Waals surface area (Å²) in [5.74, 6) is 0. The van der Waals surface area contributed by atoms with Crippen LogP contribution in [0.1, 0.15) is 28.8 Å². The molecule has 1 aromatic heterocycles. The summed E-state index contributed by atoms with van der Waals surface area (Å²) < 4.78 is 0. The molecule has 0 bridgehead atoms. The standard InChI is InChI=1S/C11H19N3S/c1-12-6-5-9-8-13-11(15-9)10-4-3-7-14(10)2/h8,10,12H,3-7H2,1-2H3. The van der Waals surface area contributed by atoms with Crippen molar-refractivity contribution >= 4 is 11.3 Å². The first-order chi connectivity index (χ1) is 7.31. The fourth-order valence-corrected chi connectivity index (χ4v) is 3.18. The quantitative estimate of drug-likeness (QED) is 0.845. The molecule has 1 unspecified atom stereocenters. The van der Waals surface area contributed by atoms with Crippen LogP contribution in [0.5, 0.6) is 0 Å². The summed E-state index contributed by atoms with van der Waals surface area (Å²) in [5, 5.41) is 4.48. The van der Waals surface area contributed by atoms with Gasteiger partial charge in [0.25, 0.3) is 0 Å². The van der Waals surface area contributed by atoms with Crippen molar-refractivity contribution in [1.29, 1.82) is 0 Å². The van der Waals surface area contributed by atoms with Crippen LogP contribution in [-0.4, -0.2) is 37.1 Å². The van der Waals surface area contributed by atoms with Crippen molar-refractivity contribution in [3.05, 3.63) is 16.1 Å². The number of hydrogen-bond donors (Lipinski definition) is 1. The van der Waals surface area contributed by atoms with Crippen molar-refractivity contribution in [2.24, 2.45) is 0 Å². The Balaban J connectivity index is 1.99.